The third kappa shape index (κ3) is 6.77. The van der Waals surface area contributed by atoms with Gasteiger partial charge in [0.05, 0.1) is 10.6 Å². The Morgan fingerprint density at radius 1 is 0.921 bits per heavy atom. The molecule has 3 rings (SSSR count). The normalized spacial score (nSPS) is 12.0. The molecule has 0 aliphatic rings. The van der Waals surface area contributed by atoms with Crippen LogP contribution < -0.4 is 9.62 Å². The molecule has 7 nitrogen and oxygen atoms in total. The lowest BCUT2D eigenvalue weighted by Gasteiger charge is -2.33. The van der Waals surface area contributed by atoms with E-state index < -0.39 is 34.3 Å². The highest BCUT2D eigenvalue weighted by molar-refractivity contribution is 7.92. The van der Waals surface area contributed by atoms with Crippen molar-refractivity contribution >= 4 is 27.5 Å². The monoisotopic (exact) mass is 539 g/mol. The van der Waals surface area contributed by atoms with Crippen molar-refractivity contribution in [3.8, 4) is 0 Å². The summed E-state index contributed by atoms with van der Waals surface area (Å²) in [4.78, 5) is 28.3. The number of anilines is 1. The van der Waals surface area contributed by atoms with Crippen LogP contribution in [0.5, 0.6) is 0 Å². The van der Waals surface area contributed by atoms with Crippen LogP contribution in [-0.4, -0.2) is 44.3 Å². The van der Waals surface area contributed by atoms with Gasteiger partial charge < -0.3 is 10.2 Å². The molecule has 0 radical (unpaired) electrons. The highest BCUT2D eigenvalue weighted by atomic mass is 32.2. The SMILES string of the molecule is CCCNC(=O)C(CC)N(Cc1ccccc1C)C(=O)CN(c1ccccc1F)S(=O)(=O)c1ccccc1. The van der Waals surface area contributed by atoms with Gasteiger partial charge in [0.2, 0.25) is 11.8 Å². The molecule has 0 saturated heterocycles. The lowest BCUT2D eigenvalue weighted by atomic mass is 10.1. The summed E-state index contributed by atoms with van der Waals surface area (Å²) in [6, 6.07) is 19.6. The van der Waals surface area contributed by atoms with Gasteiger partial charge in [-0.1, -0.05) is 68.4 Å². The van der Waals surface area contributed by atoms with E-state index >= 15 is 0 Å². The summed E-state index contributed by atoms with van der Waals surface area (Å²) in [6.45, 7) is 5.50. The van der Waals surface area contributed by atoms with Crippen molar-refractivity contribution in [3.05, 3.63) is 95.8 Å². The average Bonchev–Trinajstić information content (AvgIpc) is 2.92. The molecule has 0 spiro atoms. The molecule has 1 atom stereocenters. The number of sulfonamides is 1. The summed E-state index contributed by atoms with van der Waals surface area (Å²) in [5.74, 6) is -1.72. The van der Waals surface area contributed by atoms with E-state index in [0.717, 1.165) is 27.9 Å². The van der Waals surface area contributed by atoms with Gasteiger partial charge in [-0.2, -0.15) is 0 Å². The van der Waals surface area contributed by atoms with Crippen LogP contribution in [0.2, 0.25) is 0 Å². The van der Waals surface area contributed by atoms with Crippen molar-refractivity contribution in [3.63, 3.8) is 0 Å². The molecule has 3 aromatic carbocycles. The van der Waals surface area contributed by atoms with Gasteiger partial charge in [-0.05, 0) is 55.2 Å². The topological polar surface area (TPSA) is 86.8 Å². The quantitative estimate of drug-likeness (QED) is 0.363. The van der Waals surface area contributed by atoms with Gasteiger partial charge in [-0.25, -0.2) is 12.8 Å². The number of hydrogen-bond acceptors (Lipinski definition) is 4. The predicted molar refractivity (Wildman–Crippen MR) is 146 cm³/mol. The number of aryl methyl sites for hydroxylation is 1. The Labute approximate surface area is 224 Å². The maximum Gasteiger partial charge on any atom is 0.264 e. The zero-order valence-electron chi connectivity index (χ0n) is 21.9. The highest BCUT2D eigenvalue weighted by Crippen LogP contribution is 2.27. The molecule has 202 valence electrons. The highest BCUT2D eigenvalue weighted by Gasteiger charge is 2.34. The molecule has 9 heteroatoms. The van der Waals surface area contributed by atoms with E-state index in [0.29, 0.717) is 13.0 Å². The van der Waals surface area contributed by atoms with Gasteiger partial charge in [0, 0.05) is 13.1 Å². The molecule has 0 bridgehead atoms. The Kier molecular flexibility index (Phi) is 10.0. The number of hydrogen-bond donors (Lipinski definition) is 1. The van der Waals surface area contributed by atoms with E-state index in [1.165, 1.54) is 35.2 Å². The molecule has 1 N–H and O–H groups in total. The van der Waals surface area contributed by atoms with Gasteiger partial charge >= 0.3 is 0 Å². The average molecular weight is 540 g/mol. The minimum Gasteiger partial charge on any atom is -0.354 e. The molecule has 38 heavy (non-hydrogen) atoms. The van der Waals surface area contributed by atoms with Crippen LogP contribution in [0.3, 0.4) is 0 Å². The first-order valence-corrected chi connectivity index (χ1v) is 14.1. The van der Waals surface area contributed by atoms with Crippen molar-refractivity contribution in [1.82, 2.24) is 10.2 Å². The van der Waals surface area contributed by atoms with E-state index in [-0.39, 0.29) is 23.0 Å². The summed E-state index contributed by atoms with van der Waals surface area (Å²) in [5, 5.41) is 2.84. The van der Waals surface area contributed by atoms with Crippen LogP contribution in [0.15, 0.2) is 83.8 Å². The molecule has 0 saturated carbocycles. The lowest BCUT2D eigenvalue weighted by Crippen LogP contribution is -2.52. The number of halogens is 1. The van der Waals surface area contributed by atoms with E-state index in [4.69, 9.17) is 0 Å². The third-order valence-corrected chi connectivity index (χ3v) is 8.04. The first-order valence-electron chi connectivity index (χ1n) is 12.6. The Balaban J connectivity index is 2.06. The lowest BCUT2D eigenvalue weighted by molar-refractivity contribution is -0.140. The van der Waals surface area contributed by atoms with Gasteiger partial charge in [-0.15, -0.1) is 0 Å². The number of rotatable bonds is 12. The molecular weight excluding hydrogens is 505 g/mol. The molecule has 0 aliphatic carbocycles. The minimum absolute atomic E-state index is 0.0748. The van der Waals surface area contributed by atoms with Crippen LogP contribution in [0.25, 0.3) is 0 Å². The first-order chi connectivity index (χ1) is 18.2. The number of nitrogens with one attached hydrogen (secondary N) is 1. The number of carbonyl (C=O) groups excluding carboxylic acids is 2. The van der Waals surface area contributed by atoms with E-state index in [2.05, 4.69) is 5.32 Å². The van der Waals surface area contributed by atoms with Crippen molar-refractivity contribution < 1.29 is 22.4 Å². The van der Waals surface area contributed by atoms with Crippen molar-refractivity contribution in [2.45, 2.75) is 51.1 Å². The van der Waals surface area contributed by atoms with E-state index in [1.807, 2.05) is 38.1 Å². The minimum atomic E-state index is -4.31. The standard InChI is InChI=1S/C29H34FN3O4S/c1-4-19-31-29(35)26(5-2)32(20-23-14-10-9-13-22(23)3)28(34)21-33(27-18-12-11-17-25(27)30)38(36,37)24-15-7-6-8-16-24/h6-18,26H,4-5,19-21H2,1-3H3,(H,31,35). The van der Waals surface area contributed by atoms with E-state index in [9.17, 15) is 22.4 Å². The van der Waals surface area contributed by atoms with Crippen molar-refractivity contribution in [2.24, 2.45) is 0 Å². The molecule has 3 aromatic rings. The second-order valence-electron chi connectivity index (χ2n) is 8.94. The molecule has 0 heterocycles. The number of nitrogens with zero attached hydrogens (tertiary/aromatic N) is 2. The molecule has 0 fully saturated rings. The summed E-state index contributed by atoms with van der Waals surface area (Å²) in [5.41, 5.74) is 1.51. The van der Waals surface area contributed by atoms with Crippen LogP contribution in [-0.2, 0) is 26.2 Å². The molecular formula is C29H34FN3O4S. The summed E-state index contributed by atoms with van der Waals surface area (Å²) >= 11 is 0. The number of benzene rings is 3. The zero-order valence-corrected chi connectivity index (χ0v) is 22.7. The Hall–Kier alpha value is -3.72. The number of para-hydroxylation sites is 1. The van der Waals surface area contributed by atoms with Gasteiger partial charge in [0.1, 0.15) is 18.4 Å². The van der Waals surface area contributed by atoms with E-state index in [1.54, 1.807) is 25.1 Å². The Bertz CT molecular complexity index is 1350. The largest absolute Gasteiger partial charge is 0.354 e. The fourth-order valence-corrected chi connectivity index (χ4v) is 5.59. The Morgan fingerprint density at radius 2 is 1.55 bits per heavy atom. The third-order valence-electron chi connectivity index (χ3n) is 6.27. The van der Waals surface area contributed by atoms with Crippen LogP contribution in [0.1, 0.15) is 37.8 Å². The summed E-state index contributed by atoms with van der Waals surface area (Å²) < 4.78 is 43.1. The second-order valence-corrected chi connectivity index (χ2v) is 10.8. The van der Waals surface area contributed by atoms with Crippen molar-refractivity contribution in [2.75, 3.05) is 17.4 Å². The van der Waals surface area contributed by atoms with Gasteiger partial charge in [-0.3, -0.25) is 13.9 Å². The fourth-order valence-electron chi connectivity index (χ4n) is 4.14. The van der Waals surface area contributed by atoms with Crippen LogP contribution in [0, 0.1) is 12.7 Å². The van der Waals surface area contributed by atoms with Crippen LogP contribution in [0.4, 0.5) is 10.1 Å². The molecule has 1 unspecified atom stereocenters. The summed E-state index contributed by atoms with van der Waals surface area (Å²) in [7, 11) is -4.31. The molecule has 0 aromatic heterocycles. The van der Waals surface area contributed by atoms with Crippen molar-refractivity contribution in [1.29, 1.82) is 0 Å². The first kappa shape index (κ1) is 28.8. The molecule has 2 amide bonds. The number of amides is 2. The fraction of sp³-hybridized carbons (Fsp3) is 0.310. The summed E-state index contributed by atoms with van der Waals surface area (Å²) in [6.07, 6.45) is 1.04. The van der Waals surface area contributed by atoms with Crippen LogP contribution >= 0.6 is 0 Å². The maximum atomic E-state index is 14.9. The number of carbonyl (C=O) groups is 2. The maximum absolute atomic E-state index is 14.9. The van der Waals surface area contributed by atoms with Gasteiger partial charge in [0.25, 0.3) is 10.0 Å². The zero-order chi connectivity index (χ0) is 27.7. The molecule has 0 aliphatic heterocycles. The van der Waals surface area contributed by atoms with Gasteiger partial charge in [0.15, 0.2) is 0 Å². The second kappa shape index (κ2) is 13.2. The predicted octanol–water partition coefficient (Wildman–Crippen LogP) is 4.66. The smallest absolute Gasteiger partial charge is 0.264 e. The Morgan fingerprint density at radius 3 is 2.18 bits per heavy atom.